The van der Waals surface area contributed by atoms with Crippen molar-refractivity contribution in [3.63, 3.8) is 0 Å². The van der Waals surface area contributed by atoms with Gasteiger partial charge in [-0.3, -0.25) is 0 Å². The number of halogens is 1. The molecule has 17 heavy (non-hydrogen) atoms. The fourth-order valence-corrected chi connectivity index (χ4v) is 2.08. The van der Waals surface area contributed by atoms with Crippen LogP contribution in [0.15, 0.2) is 48.5 Å². The lowest BCUT2D eigenvalue weighted by Gasteiger charge is -2.17. The average molecular weight is 247 g/mol. The van der Waals surface area contributed by atoms with Crippen LogP contribution in [0.1, 0.15) is 18.5 Å². The molecule has 0 bridgehead atoms. The molecular weight excluding hydrogens is 232 g/mol. The number of nitrogen functional groups attached to an aromatic ring is 1. The molecule has 0 heterocycles. The second-order valence-electron chi connectivity index (χ2n) is 4.01. The highest BCUT2D eigenvalue weighted by molar-refractivity contribution is 6.31. The van der Waals surface area contributed by atoms with Gasteiger partial charge in [0.2, 0.25) is 0 Å². The van der Waals surface area contributed by atoms with Gasteiger partial charge in [-0.15, -0.1) is 0 Å². The van der Waals surface area contributed by atoms with Gasteiger partial charge in [-0.2, -0.15) is 0 Å². The van der Waals surface area contributed by atoms with E-state index in [2.05, 4.69) is 12.2 Å². The summed E-state index contributed by atoms with van der Waals surface area (Å²) >= 11 is 6.15. The third kappa shape index (κ3) is 2.92. The van der Waals surface area contributed by atoms with Crippen molar-refractivity contribution >= 4 is 23.0 Å². The molecule has 0 spiro atoms. The van der Waals surface area contributed by atoms with Crippen LogP contribution < -0.4 is 11.1 Å². The summed E-state index contributed by atoms with van der Waals surface area (Å²) in [6, 6.07) is 15.7. The van der Waals surface area contributed by atoms with Crippen molar-refractivity contribution in [3.8, 4) is 0 Å². The van der Waals surface area contributed by atoms with Crippen LogP contribution in [0, 0.1) is 0 Å². The highest BCUT2D eigenvalue weighted by Gasteiger charge is 2.08. The number of anilines is 2. The molecule has 2 aromatic carbocycles. The summed E-state index contributed by atoms with van der Waals surface area (Å²) in [6.45, 7) is 2.07. The summed E-state index contributed by atoms with van der Waals surface area (Å²) in [5.74, 6) is 0. The van der Waals surface area contributed by atoms with Crippen molar-refractivity contribution in [1.29, 1.82) is 0 Å². The van der Waals surface area contributed by atoms with Gasteiger partial charge in [0.25, 0.3) is 0 Å². The Bertz CT molecular complexity index is 511. The van der Waals surface area contributed by atoms with Gasteiger partial charge in [-0.05, 0) is 36.8 Å². The highest BCUT2D eigenvalue weighted by Crippen LogP contribution is 2.26. The fourth-order valence-electron chi connectivity index (χ4n) is 1.78. The van der Waals surface area contributed by atoms with Gasteiger partial charge in [0.1, 0.15) is 0 Å². The van der Waals surface area contributed by atoms with E-state index in [1.54, 1.807) is 0 Å². The third-order valence-corrected chi connectivity index (χ3v) is 2.99. The molecule has 0 aliphatic rings. The Morgan fingerprint density at radius 2 is 1.88 bits per heavy atom. The van der Waals surface area contributed by atoms with Gasteiger partial charge in [-0.25, -0.2) is 0 Å². The molecule has 2 aromatic rings. The van der Waals surface area contributed by atoms with E-state index in [0.29, 0.717) is 0 Å². The van der Waals surface area contributed by atoms with Crippen LogP contribution in [0.25, 0.3) is 0 Å². The van der Waals surface area contributed by atoms with Gasteiger partial charge in [0, 0.05) is 22.4 Å². The summed E-state index contributed by atoms with van der Waals surface area (Å²) in [5, 5.41) is 4.15. The molecule has 88 valence electrons. The Balaban J connectivity index is 2.17. The first-order valence-electron chi connectivity index (χ1n) is 5.53. The second kappa shape index (κ2) is 5.11. The van der Waals surface area contributed by atoms with E-state index >= 15 is 0 Å². The Morgan fingerprint density at radius 1 is 1.12 bits per heavy atom. The van der Waals surface area contributed by atoms with Crippen molar-refractivity contribution in [3.05, 3.63) is 59.1 Å². The summed E-state index contributed by atoms with van der Waals surface area (Å²) in [7, 11) is 0. The van der Waals surface area contributed by atoms with Crippen LogP contribution in [0.3, 0.4) is 0 Å². The minimum absolute atomic E-state index is 0.144. The summed E-state index contributed by atoms with van der Waals surface area (Å²) in [5.41, 5.74) is 8.57. The molecule has 0 fully saturated rings. The fraction of sp³-hybridized carbons (Fsp3) is 0.143. The lowest BCUT2D eigenvalue weighted by atomic mass is 10.1. The number of nitrogens with one attached hydrogen (secondary N) is 1. The van der Waals surface area contributed by atoms with Crippen molar-refractivity contribution in [2.45, 2.75) is 13.0 Å². The zero-order chi connectivity index (χ0) is 12.3. The van der Waals surface area contributed by atoms with Crippen LogP contribution in [0.5, 0.6) is 0 Å². The molecule has 0 saturated heterocycles. The normalized spacial score (nSPS) is 12.1. The van der Waals surface area contributed by atoms with E-state index in [1.165, 1.54) is 0 Å². The van der Waals surface area contributed by atoms with E-state index in [4.69, 9.17) is 17.3 Å². The van der Waals surface area contributed by atoms with Crippen LogP contribution in [0.4, 0.5) is 11.4 Å². The van der Waals surface area contributed by atoms with E-state index in [-0.39, 0.29) is 6.04 Å². The monoisotopic (exact) mass is 246 g/mol. The Labute approximate surface area is 106 Å². The van der Waals surface area contributed by atoms with Crippen molar-refractivity contribution in [2.75, 3.05) is 11.1 Å². The van der Waals surface area contributed by atoms with Crippen LogP contribution in [0.2, 0.25) is 5.02 Å². The van der Waals surface area contributed by atoms with Crippen molar-refractivity contribution in [1.82, 2.24) is 0 Å². The Hall–Kier alpha value is -1.67. The predicted molar refractivity (Wildman–Crippen MR) is 74.3 cm³/mol. The van der Waals surface area contributed by atoms with E-state index < -0.39 is 0 Å². The molecule has 0 aromatic heterocycles. The van der Waals surface area contributed by atoms with E-state index in [1.807, 2.05) is 48.5 Å². The zero-order valence-electron chi connectivity index (χ0n) is 9.65. The molecule has 0 radical (unpaired) electrons. The van der Waals surface area contributed by atoms with Gasteiger partial charge in [0.15, 0.2) is 0 Å². The number of hydrogen-bond donors (Lipinski definition) is 2. The first kappa shape index (κ1) is 11.8. The molecule has 0 aliphatic carbocycles. The topological polar surface area (TPSA) is 38.0 Å². The van der Waals surface area contributed by atoms with Crippen LogP contribution in [-0.2, 0) is 0 Å². The lowest BCUT2D eigenvalue weighted by molar-refractivity contribution is 0.885. The number of rotatable bonds is 3. The molecule has 0 saturated carbocycles. The van der Waals surface area contributed by atoms with E-state index in [9.17, 15) is 0 Å². The molecule has 3 N–H and O–H groups in total. The molecule has 2 rings (SSSR count). The van der Waals surface area contributed by atoms with Crippen LogP contribution >= 0.6 is 11.6 Å². The zero-order valence-corrected chi connectivity index (χ0v) is 10.4. The number of hydrogen-bond acceptors (Lipinski definition) is 2. The molecule has 0 amide bonds. The smallest absolute Gasteiger partial charge is 0.0500 e. The number of nitrogens with two attached hydrogens (primary N) is 1. The lowest BCUT2D eigenvalue weighted by Crippen LogP contribution is -2.07. The van der Waals surface area contributed by atoms with Crippen LogP contribution in [-0.4, -0.2) is 0 Å². The summed E-state index contributed by atoms with van der Waals surface area (Å²) in [4.78, 5) is 0. The first-order valence-corrected chi connectivity index (χ1v) is 5.91. The third-order valence-electron chi connectivity index (χ3n) is 2.64. The molecule has 3 heteroatoms. The molecule has 1 atom stereocenters. The first-order chi connectivity index (χ1) is 8.16. The Kier molecular flexibility index (Phi) is 3.55. The van der Waals surface area contributed by atoms with Gasteiger partial charge in [0.05, 0.1) is 0 Å². The minimum atomic E-state index is 0.144. The molecule has 1 unspecified atom stereocenters. The average Bonchev–Trinajstić information content (AvgIpc) is 2.29. The molecular formula is C14H15ClN2. The maximum atomic E-state index is 6.15. The highest BCUT2D eigenvalue weighted by atomic mass is 35.5. The van der Waals surface area contributed by atoms with Crippen molar-refractivity contribution in [2.24, 2.45) is 0 Å². The maximum Gasteiger partial charge on any atom is 0.0500 e. The molecule has 2 nitrogen and oxygen atoms in total. The summed E-state index contributed by atoms with van der Waals surface area (Å²) < 4.78 is 0. The van der Waals surface area contributed by atoms with Crippen molar-refractivity contribution < 1.29 is 0 Å². The molecule has 0 aliphatic heterocycles. The largest absolute Gasteiger partial charge is 0.399 e. The van der Waals surface area contributed by atoms with Gasteiger partial charge >= 0.3 is 0 Å². The number of benzene rings is 2. The predicted octanol–water partition coefficient (Wildman–Crippen LogP) is 4.10. The summed E-state index contributed by atoms with van der Waals surface area (Å²) in [6.07, 6.45) is 0. The van der Waals surface area contributed by atoms with Gasteiger partial charge in [-0.1, -0.05) is 35.9 Å². The minimum Gasteiger partial charge on any atom is -0.399 e. The maximum absolute atomic E-state index is 6.15. The quantitative estimate of drug-likeness (QED) is 0.801. The van der Waals surface area contributed by atoms with Gasteiger partial charge < -0.3 is 11.1 Å². The standard InChI is InChI=1S/C14H15ClN2/c1-10(13-7-2-3-8-14(13)15)17-12-6-4-5-11(16)9-12/h2-10,17H,16H2,1H3. The SMILES string of the molecule is CC(Nc1cccc(N)c1)c1ccccc1Cl. The van der Waals surface area contributed by atoms with E-state index in [0.717, 1.165) is 22.0 Å². The second-order valence-corrected chi connectivity index (χ2v) is 4.42. The Morgan fingerprint density at radius 3 is 2.59 bits per heavy atom.